The van der Waals surface area contributed by atoms with E-state index in [2.05, 4.69) is 5.32 Å². The zero-order valence-corrected chi connectivity index (χ0v) is 15.7. The lowest BCUT2D eigenvalue weighted by Gasteiger charge is -2.11. The molecule has 3 aromatic rings. The molecule has 0 aliphatic carbocycles. The van der Waals surface area contributed by atoms with Crippen molar-refractivity contribution in [3.8, 4) is 11.3 Å². The Bertz CT molecular complexity index is 936. The smallest absolute Gasteiger partial charge is 0.251 e. The Balaban J connectivity index is 1.85. The number of nitrogens with one attached hydrogen (secondary N) is 1. The number of rotatable bonds is 7. The number of nitrogens with zero attached hydrogens (tertiary/aromatic N) is 1. The van der Waals surface area contributed by atoms with Gasteiger partial charge < -0.3 is 15.2 Å². The fourth-order valence-corrected chi connectivity index (χ4v) is 2.99. The van der Waals surface area contributed by atoms with Crippen LogP contribution in [0.25, 0.3) is 22.2 Å². The lowest BCUT2D eigenvalue weighted by atomic mass is 10.0. The second-order valence-corrected chi connectivity index (χ2v) is 6.53. The largest absolute Gasteiger partial charge is 0.392 e. The van der Waals surface area contributed by atoms with Gasteiger partial charge >= 0.3 is 0 Å². The molecule has 0 saturated heterocycles. The predicted molar refractivity (Wildman–Crippen MR) is 107 cm³/mol. The normalized spacial score (nSPS) is 10.9. The standard InChI is InChI=1S/C22H24N2O3/c1-15-4-5-18-13-19(14-25)21(24-20(18)12-15)16-6-8-17(9-7-16)22(26)23-10-3-11-27-2/h4-9,12-13,25H,3,10-11,14H2,1-2H3,(H,23,26). The van der Waals surface area contributed by atoms with E-state index in [1.165, 1.54) is 0 Å². The van der Waals surface area contributed by atoms with Crippen molar-refractivity contribution < 1.29 is 14.6 Å². The van der Waals surface area contributed by atoms with E-state index >= 15 is 0 Å². The maximum Gasteiger partial charge on any atom is 0.251 e. The first-order valence-corrected chi connectivity index (χ1v) is 9.01. The van der Waals surface area contributed by atoms with Crippen molar-refractivity contribution >= 4 is 16.8 Å². The highest BCUT2D eigenvalue weighted by atomic mass is 16.5. The molecule has 1 heterocycles. The Labute approximate surface area is 159 Å². The molecule has 0 spiro atoms. The number of methoxy groups -OCH3 is 1. The summed E-state index contributed by atoms with van der Waals surface area (Å²) in [6.45, 7) is 3.14. The number of aromatic nitrogens is 1. The van der Waals surface area contributed by atoms with E-state index in [4.69, 9.17) is 9.72 Å². The summed E-state index contributed by atoms with van der Waals surface area (Å²) < 4.78 is 4.98. The van der Waals surface area contributed by atoms with Crippen molar-refractivity contribution in [1.29, 1.82) is 0 Å². The van der Waals surface area contributed by atoms with E-state index in [0.29, 0.717) is 18.7 Å². The lowest BCUT2D eigenvalue weighted by molar-refractivity contribution is 0.0948. The number of carbonyl (C=O) groups is 1. The van der Waals surface area contributed by atoms with Gasteiger partial charge in [-0.2, -0.15) is 0 Å². The van der Waals surface area contributed by atoms with Gasteiger partial charge in [0.2, 0.25) is 0 Å². The van der Waals surface area contributed by atoms with Crippen LogP contribution in [-0.2, 0) is 11.3 Å². The van der Waals surface area contributed by atoms with Crippen molar-refractivity contribution in [3.63, 3.8) is 0 Å². The Morgan fingerprint density at radius 3 is 2.63 bits per heavy atom. The minimum Gasteiger partial charge on any atom is -0.392 e. The second kappa shape index (κ2) is 8.75. The first-order valence-electron chi connectivity index (χ1n) is 9.01. The van der Waals surface area contributed by atoms with Crippen LogP contribution in [0.2, 0.25) is 0 Å². The van der Waals surface area contributed by atoms with Gasteiger partial charge in [0.05, 0.1) is 17.8 Å². The van der Waals surface area contributed by atoms with Crippen molar-refractivity contribution in [2.24, 2.45) is 0 Å². The van der Waals surface area contributed by atoms with Crippen LogP contribution in [0.4, 0.5) is 0 Å². The van der Waals surface area contributed by atoms with Crippen LogP contribution < -0.4 is 5.32 Å². The summed E-state index contributed by atoms with van der Waals surface area (Å²) in [7, 11) is 1.64. The van der Waals surface area contributed by atoms with Crippen molar-refractivity contribution in [2.75, 3.05) is 20.3 Å². The number of aliphatic hydroxyl groups excluding tert-OH is 1. The number of hydrogen-bond acceptors (Lipinski definition) is 4. The predicted octanol–water partition coefficient (Wildman–Crippen LogP) is 3.47. The molecular formula is C22H24N2O3. The second-order valence-electron chi connectivity index (χ2n) is 6.53. The lowest BCUT2D eigenvalue weighted by Crippen LogP contribution is -2.25. The average molecular weight is 364 g/mol. The maximum absolute atomic E-state index is 12.2. The number of aryl methyl sites for hydroxylation is 1. The Kier molecular flexibility index (Phi) is 6.16. The van der Waals surface area contributed by atoms with Gasteiger partial charge in [0.15, 0.2) is 0 Å². The summed E-state index contributed by atoms with van der Waals surface area (Å²) in [6.07, 6.45) is 0.778. The van der Waals surface area contributed by atoms with Gasteiger partial charge in [-0.25, -0.2) is 4.98 Å². The van der Waals surface area contributed by atoms with Crippen LogP contribution in [-0.4, -0.2) is 36.3 Å². The van der Waals surface area contributed by atoms with Gasteiger partial charge in [-0.15, -0.1) is 0 Å². The summed E-state index contributed by atoms with van der Waals surface area (Å²) in [5.41, 5.74) is 5.00. The number of aliphatic hydroxyl groups is 1. The molecule has 27 heavy (non-hydrogen) atoms. The Morgan fingerprint density at radius 1 is 1.15 bits per heavy atom. The van der Waals surface area contributed by atoms with Gasteiger partial charge in [0.1, 0.15) is 0 Å². The first-order chi connectivity index (χ1) is 13.1. The number of benzene rings is 2. The zero-order valence-electron chi connectivity index (χ0n) is 15.7. The Morgan fingerprint density at radius 2 is 1.93 bits per heavy atom. The number of amides is 1. The molecular weight excluding hydrogens is 340 g/mol. The molecule has 1 amide bonds. The molecule has 0 unspecified atom stereocenters. The number of carbonyl (C=O) groups excluding carboxylic acids is 1. The first kappa shape index (κ1) is 19.0. The van der Waals surface area contributed by atoms with Crippen molar-refractivity contribution in [1.82, 2.24) is 10.3 Å². The fraction of sp³-hybridized carbons (Fsp3) is 0.273. The highest BCUT2D eigenvalue weighted by molar-refractivity contribution is 5.94. The summed E-state index contributed by atoms with van der Waals surface area (Å²) >= 11 is 0. The molecule has 0 radical (unpaired) electrons. The molecule has 0 aliphatic rings. The molecule has 2 aromatic carbocycles. The molecule has 2 N–H and O–H groups in total. The SMILES string of the molecule is COCCCNC(=O)c1ccc(-c2nc3cc(C)ccc3cc2CO)cc1. The van der Waals surface area contributed by atoms with Gasteiger partial charge in [-0.05, 0) is 43.2 Å². The summed E-state index contributed by atoms with van der Waals surface area (Å²) in [5.74, 6) is -0.109. The Hall–Kier alpha value is -2.76. The highest BCUT2D eigenvalue weighted by Gasteiger charge is 2.11. The minimum atomic E-state index is -0.109. The van der Waals surface area contributed by atoms with E-state index in [1.807, 2.05) is 43.3 Å². The fourth-order valence-electron chi connectivity index (χ4n) is 2.99. The maximum atomic E-state index is 12.2. The van der Waals surface area contributed by atoms with E-state index < -0.39 is 0 Å². The number of hydrogen-bond donors (Lipinski definition) is 2. The molecule has 0 atom stereocenters. The van der Waals surface area contributed by atoms with Gasteiger partial charge in [-0.1, -0.05) is 24.3 Å². The zero-order chi connectivity index (χ0) is 19.2. The summed E-state index contributed by atoms with van der Waals surface area (Å²) in [6, 6.07) is 15.3. The topological polar surface area (TPSA) is 71.5 Å². The highest BCUT2D eigenvalue weighted by Crippen LogP contribution is 2.26. The van der Waals surface area contributed by atoms with Crippen LogP contribution in [0, 0.1) is 6.92 Å². The summed E-state index contributed by atoms with van der Waals surface area (Å²) in [5, 5.41) is 13.6. The van der Waals surface area contributed by atoms with Crippen LogP contribution in [0.3, 0.4) is 0 Å². The third-order valence-corrected chi connectivity index (χ3v) is 4.45. The summed E-state index contributed by atoms with van der Waals surface area (Å²) in [4.78, 5) is 16.9. The van der Waals surface area contributed by atoms with Crippen LogP contribution in [0.1, 0.15) is 27.9 Å². The van der Waals surface area contributed by atoms with Crippen LogP contribution in [0.5, 0.6) is 0 Å². The average Bonchev–Trinajstić information content (AvgIpc) is 2.70. The number of pyridine rings is 1. The number of ether oxygens (including phenoxy) is 1. The third kappa shape index (κ3) is 4.51. The molecule has 140 valence electrons. The van der Waals surface area contributed by atoms with Gasteiger partial charge in [0.25, 0.3) is 5.91 Å². The molecule has 0 aliphatic heterocycles. The number of fused-ring (bicyclic) bond motifs is 1. The van der Waals surface area contributed by atoms with E-state index in [1.54, 1.807) is 19.2 Å². The van der Waals surface area contributed by atoms with E-state index in [0.717, 1.165) is 39.7 Å². The molecule has 0 bridgehead atoms. The quantitative estimate of drug-likeness (QED) is 0.630. The van der Waals surface area contributed by atoms with E-state index in [9.17, 15) is 9.90 Å². The molecule has 0 saturated carbocycles. The monoisotopic (exact) mass is 364 g/mol. The molecule has 1 aromatic heterocycles. The van der Waals surface area contributed by atoms with Gasteiger partial charge in [0, 0.05) is 42.3 Å². The van der Waals surface area contributed by atoms with Crippen LogP contribution in [0.15, 0.2) is 48.5 Å². The molecule has 5 heteroatoms. The minimum absolute atomic E-state index is 0.0894. The molecule has 0 fully saturated rings. The van der Waals surface area contributed by atoms with Gasteiger partial charge in [-0.3, -0.25) is 4.79 Å². The van der Waals surface area contributed by atoms with Crippen LogP contribution >= 0.6 is 0 Å². The van der Waals surface area contributed by atoms with Crippen molar-refractivity contribution in [3.05, 3.63) is 65.2 Å². The third-order valence-electron chi connectivity index (χ3n) is 4.45. The van der Waals surface area contributed by atoms with E-state index in [-0.39, 0.29) is 12.5 Å². The van der Waals surface area contributed by atoms with Crippen molar-refractivity contribution in [2.45, 2.75) is 20.0 Å². The molecule has 5 nitrogen and oxygen atoms in total. The molecule has 3 rings (SSSR count).